The molecule has 31 heavy (non-hydrogen) atoms. The quantitative estimate of drug-likeness (QED) is 0.431. The van der Waals surface area contributed by atoms with E-state index in [-0.39, 0.29) is 24.8 Å². The largest absolute Gasteiger partial charge is 0.493 e. The third-order valence-electron chi connectivity index (χ3n) is 4.49. The van der Waals surface area contributed by atoms with Gasteiger partial charge in [-0.15, -0.1) is 0 Å². The van der Waals surface area contributed by atoms with Gasteiger partial charge in [-0.25, -0.2) is 4.79 Å². The zero-order valence-corrected chi connectivity index (χ0v) is 19.2. The molecule has 2 N–H and O–H groups in total. The van der Waals surface area contributed by atoms with Gasteiger partial charge in [0.25, 0.3) is 0 Å². The summed E-state index contributed by atoms with van der Waals surface area (Å²) in [5.74, 6) is -0.400. The Kier molecular flexibility index (Phi) is 8.08. The molecule has 1 aromatic heterocycles. The maximum Gasteiger partial charge on any atom is 0.374 e. The third-order valence-corrected chi connectivity index (χ3v) is 4.49. The first-order valence-electron chi connectivity index (χ1n) is 10.3. The predicted octanol–water partition coefficient (Wildman–Crippen LogP) is 3.58. The lowest BCUT2D eigenvalue weighted by atomic mass is 10.0. The monoisotopic (exact) mass is 435 g/mol. The van der Waals surface area contributed by atoms with Gasteiger partial charge in [-0.3, -0.25) is 4.79 Å². The molecule has 0 saturated carbocycles. The fraction of sp³-hybridized carbons (Fsp3) is 0.565. The van der Waals surface area contributed by atoms with Gasteiger partial charge in [0.2, 0.25) is 5.76 Å². The Morgan fingerprint density at radius 2 is 1.87 bits per heavy atom. The van der Waals surface area contributed by atoms with E-state index in [9.17, 15) is 14.7 Å². The summed E-state index contributed by atoms with van der Waals surface area (Å²) in [5.41, 5.74) is -0.129. The lowest BCUT2D eigenvalue weighted by Gasteiger charge is -2.28. The SMILES string of the molecule is COC(=O)c1oc2cccc(OCCCNC(C)(C)CC(=O)OC(C)(C)C)c2c1CO. The average molecular weight is 436 g/mol. The topological polar surface area (TPSA) is 107 Å². The van der Waals surface area contributed by atoms with Crippen molar-refractivity contribution in [1.82, 2.24) is 5.32 Å². The fourth-order valence-electron chi connectivity index (χ4n) is 3.19. The summed E-state index contributed by atoms with van der Waals surface area (Å²) in [7, 11) is 1.26. The maximum absolute atomic E-state index is 12.1. The van der Waals surface area contributed by atoms with Gasteiger partial charge < -0.3 is 29.1 Å². The van der Waals surface area contributed by atoms with Crippen LogP contribution < -0.4 is 10.1 Å². The second kappa shape index (κ2) is 10.2. The molecule has 0 aliphatic rings. The Morgan fingerprint density at radius 3 is 2.48 bits per heavy atom. The summed E-state index contributed by atoms with van der Waals surface area (Å²) in [6.07, 6.45) is 0.944. The van der Waals surface area contributed by atoms with E-state index in [1.807, 2.05) is 34.6 Å². The Balaban J connectivity index is 1.93. The van der Waals surface area contributed by atoms with Gasteiger partial charge in [0, 0.05) is 11.1 Å². The number of carbonyl (C=O) groups excluding carboxylic acids is 2. The van der Waals surface area contributed by atoms with Crippen LogP contribution >= 0.6 is 0 Å². The van der Waals surface area contributed by atoms with Crippen LogP contribution in [-0.4, -0.2) is 48.4 Å². The number of benzene rings is 1. The Bertz CT molecular complexity index is 909. The molecule has 0 amide bonds. The number of aliphatic hydroxyl groups is 1. The first-order chi connectivity index (χ1) is 14.5. The van der Waals surface area contributed by atoms with E-state index in [1.54, 1.807) is 18.2 Å². The molecule has 2 aromatic rings. The number of ether oxygens (including phenoxy) is 3. The van der Waals surface area contributed by atoms with Crippen molar-refractivity contribution in [3.8, 4) is 5.75 Å². The van der Waals surface area contributed by atoms with Crippen molar-refractivity contribution in [1.29, 1.82) is 0 Å². The average Bonchev–Trinajstić information content (AvgIpc) is 3.04. The number of nitrogens with one attached hydrogen (secondary N) is 1. The van der Waals surface area contributed by atoms with Crippen molar-refractivity contribution < 1.29 is 33.3 Å². The van der Waals surface area contributed by atoms with Crippen LogP contribution in [-0.2, 0) is 20.9 Å². The van der Waals surface area contributed by atoms with Crippen LogP contribution in [0.4, 0.5) is 0 Å². The molecule has 2 rings (SSSR count). The standard InChI is InChI=1S/C23H33NO7/c1-22(2,3)31-18(26)13-23(4,5)24-11-8-12-29-16-9-7-10-17-19(16)15(14-25)20(30-17)21(27)28-6/h7,9-10,24-25H,8,11-14H2,1-6H3. The van der Waals surface area contributed by atoms with Crippen molar-refractivity contribution >= 4 is 22.9 Å². The zero-order chi connectivity index (χ0) is 23.2. The third kappa shape index (κ3) is 6.97. The Labute approximate surface area is 182 Å². The van der Waals surface area contributed by atoms with Crippen molar-refractivity contribution in [3.63, 3.8) is 0 Å². The van der Waals surface area contributed by atoms with Gasteiger partial charge in [0.05, 0.1) is 32.1 Å². The van der Waals surface area contributed by atoms with Crippen molar-refractivity contribution in [2.75, 3.05) is 20.3 Å². The molecule has 1 heterocycles. The highest BCUT2D eigenvalue weighted by molar-refractivity contribution is 5.98. The number of esters is 2. The molecule has 8 heteroatoms. The first kappa shape index (κ1) is 24.7. The van der Waals surface area contributed by atoms with E-state index in [2.05, 4.69) is 5.32 Å². The van der Waals surface area contributed by atoms with Gasteiger partial charge in [-0.1, -0.05) is 6.07 Å². The van der Waals surface area contributed by atoms with Crippen molar-refractivity contribution in [2.45, 2.75) is 65.2 Å². The summed E-state index contributed by atoms with van der Waals surface area (Å²) in [6, 6.07) is 5.22. The Morgan fingerprint density at radius 1 is 1.16 bits per heavy atom. The molecule has 172 valence electrons. The summed E-state index contributed by atoms with van der Waals surface area (Å²) < 4.78 is 21.6. The number of hydrogen-bond acceptors (Lipinski definition) is 8. The minimum atomic E-state index is -0.650. The van der Waals surface area contributed by atoms with Crippen LogP contribution in [0.15, 0.2) is 22.6 Å². The van der Waals surface area contributed by atoms with Gasteiger partial charge in [-0.2, -0.15) is 0 Å². The van der Waals surface area contributed by atoms with E-state index in [4.69, 9.17) is 18.6 Å². The lowest BCUT2D eigenvalue weighted by molar-refractivity contribution is -0.156. The van der Waals surface area contributed by atoms with Gasteiger partial charge in [0.15, 0.2) is 0 Å². The summed E-state index contributed by atoms with van der Waals surface area (Å²) in [4.78, 5) is 24.0. The molecule has 0 saturated heterocycles. The van der Waals surface area contributed by atoms with Crippen molar-refractivity contribution in [2.24, 2.45) is 0 Å². The first-order valence-corrected chi connectivity index (χ1v) is 10.3. The van der Waals surface area contributed by atoms with E-state index >= 15 is 0 Å². The molecule has 0 aliphatic carbocycles. The molecule has 0 fully saturated rings. The van der Waals surface area contributed by atoms with Crippen LogP contribution in [0.2, 0.25) is 0 Å². The molecule has 0 aliphatic heterocycles. The summed E-state index contributed by atoms with van der Waals surface area (Å²) >= 11 is 0. The second-order valence-corrected chi connectivity index (χ2v) is 8.96. The fourth-order valence-corrected chi connectivity index (χ4v) is 3.19. The van der Waals surface area contributed by atoms with Crippen LogP contribution in [0, 0.1) is 0 Å². The molecular formula is C23H33NO7. The summed E-state index contributed by atoms with van der Waals surface area (Å²) in [6.45, 7) is 10.1. The normalized spacial score (nSPS) is 12.1. The van der Waals surface area contributed by atoms with Crippen LogP contribution in [0.25, 0.3) is 11.0 Å². The van der Waals surface area contributed by atoms with Crippen LogP contribution in [0.1, 0.15) is 63.6 Å². The number of aliphatic hydroxyl groups excluding tert-OH is 1. The van der Waals surface area contributed by atoms with Gasteiger partial charge in [0.1, 0.15) is 16.9 Å². The molecule has 0 bridgehead atoms. The Hall–Kier alpha value is -2.58. The number of methoxy groups -OCH3 is 1. The number of hydrogen-bond donors (Lipinski definition) is 2. The minimum Gasteiger partial charge on any atom is -0.493 e. The molecule has 0 unspecified atom stereocenters. The molecular weight excluding hydrogens is 402 g/mol. The summed E-state index contributed by atoms with van der Waals surface area (Å²) in [5, 5.41) is 13.7. The van der Waals surface area contributed by atoms with Gasteiger partial charge >= 0.3 is 11.9 Å². The zero-order valence-electron chi connectivity index (χ0n) is 19.2. The lowest BCUT2D eigenvalue weighted by Crippen LogP contribution is -2.43. The second-order valence-electron chi connectivity index (χ2n) is 8.96. The number of carbonyl (C=O) groups is 2. The molecule has 8 nitrogen and oxygen atoms in total. The number of fused-ring (bicyclic) bond motifs is 1. The minimum absolute atomic E-state index is 0.0263. The maximum atomic E-state index is 12.1. The highest BCUT2D eigenvalue weighted by atomic mass is 16.6. The van der Waals surface area contributed by atoms with E-state index in [0.29, 0.717) is 41.9 Å². The van der Waals surface area contributed by atoms with E-state index in [0.717, 1.165) is 0 Å². The highest BCUT2D eigenvalue weighted by Gasteiger charge is 2.26. The molecule has 0 radical (unpaired) electrons. The van der Waals surface area contributed by atoms with Crippen molar-refractivity contribution in [3.05, 3.63) is 29.5 Å². The molecule has 0 spiro atoms. The molecule has 1 aromatic carbocycles. The molecule has 0 atom stereocenters. The highest BCUT2D eigenvalue weighted by Crippen LogP contribution is 2.34. The van der Waals surface area contributed by atoms with E-state index in [1.165, 1.54) is 7.11 Å². The van der Waals surface area contributed by atoms with Gasteiger partial charge in [-0.05, 0) is 59.7 Å². The van der Waals surface area contributed by atoms with Crippen LogP contribution in [0.3, 0.4) is 0 Å². The number of rotatable bonds is 10. The number of furan rings is 1. The predicted molar refractivity (Wildman–Crippen MR) is 116 cm³/mol. The van der Waals surface area contributed by atoms with Crippen LogP contribution in [0.5, 0.6) is 5.75 Å². The van der Waals surface area contributed by atoms with E-state index < -0.39 is 17.1 Å². The smallest absolute Gasteiger partial charge is 0.374 e.